The first-order valence-electron chi connectivity index (χ1n) is 7.55. The molecule has 0 unspecified atom stereocenters. The minimum absolute atomic E-state index is 0.104. The number of hydrogen-bond acceptors (Lipinski definition) is 5. The fraction of sp³-hybridized carbons (Fsp3) is 0.111. The predicted molar refractivity (Wildman–Crippen MR) is 92.7 cm³/mol. The lowest BCUT2D eigenvalue weighted by molar-refractivity contribution is -0.384. The molecule has 26 heavy (non-hydrogen) atoms. The van der Waals surface area contributed by atoms with Crippen LogP contribution < -0.4 is 5.32 Å². The SMILES string of the molecule is C[C@H](OC(=O)/C=C/c1cccc([N+](=O)[O-])c1)C(=O)Nc1ccc(F)cc1. The summed E-state index contributed by atoms with van der Waals surface area (Å²) in [6.07, 6.45) is 1.34. The molecule has 0 fully saturated rings. The Hall–Kier alpha value is -3.55. The molecular weight excluding hydrogens is 343 g/mol. The van der Waals surface area contributed by atoms with Crippen LogP contribution in [0.3, 0.4) is 0 Å². The molecule has 0 radical (unpaired) electrons. The first-order valence-corrected chi connectivity index (χ1v) is 7.55. The highest BCUT2D eigenvalue weighted by molar-refractivity contribution is 5.96. The van der Waals surface area contributed by atoms with Crippen LogP contribution in [-0.2, 0) is 14.3 Å². The van der Waals surface area contributed by atoms with Crippen LogP contribution in [0.2, 0.25) is 0 Å². The number of carbonyl (C=O) groups is 2. The molecule has 134 valence electrons. The zero-order chi connectivity index (χ0) is 19.1. The summed E-state index contributed by atoms with van der Waals surface area (Å²) >= 11 is 0. The van der Waals surface area contributed by atoms with Gasteiger partial charge in [0.25, 0.3) is 11.6 Å². The standard InChI is InChI=1S/C18H15FN2O5/c1-12(18(23)20-15-8-6-14(19)7-9-15)26-17(22)10-5-13-3-2-4-16(11-13)21(24)25/h2-12H,1H3,(H,20,23)/b10-5+/t12-/m0/s1. The molecule has 0 spiro atoms. The fourth-order valence-corrected chi connectivity index (χ4v) is 1.95. The molecule has 0 aliphatic heterocycles. The maximum atomic E-state index is 12.8. The number of hydrogen-bond donors (Lipinski definition) is 1. The third-order valence-corrected chi connectivity index (χ3v) is 3.27. The summed E-state index contributed by atoms with van der Waals surface area (Å²) in [5.74, 6) is -1.79. The molecule has 1 atom stereocenters. The van der Waals surface area contributed by atoms with Crippen molar-refractivity contribution in [2.24, 2.45) is 0 Å². The van der Waals surface area contributed by atoms with Gasteiger partial charge in [0.1, 0.15) is 5.82 Å². The third-order valence-electron chi connectivity index (χ3n) is 3.27. The van der Waals surface area contributed by atoms with Gasteiger partial charge in [-0.3, -0.25) is 14.9 Å². The third kappa shape index (κ3) is 5.52. The number of benzene rings is 2. The molecule has 1 amide bonds. The zero-order valence-electron chi connectivity index (χ0n) is 13.7. The number of carbonyl (C=O) groups excluding carboxylic acids is 2. The fourth-order valence-electron chi connectivity index (χ4n) is 1.95. The second kappa shape index (κ2) is 8.52. The van der Waals surface area contributed by atoms with Gasteiger partial charge < -0.3 is 10.1 Å². The Bertz CT molecular complexity index is 849. The maximum Gasteiger partial charge on any atom is 0.331 e. The van der Waals surface area contributed by atoms with Gasteiger partial charge in [-0.25, -0.2) is 9.18 Å². The average Bonchev–Trinajstić information content (AvgIpc) is 2.62. The lowest BCUT2D eigenvalue weighted by atomic mass is 10.2. The van der Waals surface area contributed by atoms with Gasteiger partial charge in [0.15, 0.2) is 6.10 Å². The quantitative estimate of drug-likeness (QED) is 0.370. The highest BCUT2D eigenvalue weighted by atomic mass is 19.1. The average molecular weight is 358 g/mol. The van der Waals surface area contributed by atoms with Gasteiger partial charge in [-0.1, -0.05) is 12.1 Å². The van der Waals surface area contributed by atoms with Gasteiger partial charge in [-0.15, -0.1) is 0 Å². The number of non-ortho nitro benzene ring substituents is 1. The largest absolute Gasteiger partial charge is 0.449 e. The van der Waals surface area contributed by atoms with Crippen molar-refractivity contribution in [1.82, 2.24) is 0 Å². The maximum absolute atomic E-state index is 12.8. The number of nitro benzene ring substituents is 1. The van der Waals surface area contributed by atoms with Crippen LogP contribution in [0.5, 0.6) is 0 Å². The van der Waals surface area contributed by atoms with Crippen molar-refractivity contribution < 1.29 is 23.6 Å². The Morgan fingerprint density at radius 1 is 1.23 bits per heavy atom. The summed E-state index contributed by atoms with van der Waals surface area (Å²) in [4.78, 5) is 33.9. The van der Waals surface area contributed by atoms with Crippen LogP contribution in [0.15, 0.2) is 54.6 Å². The monoisotopic (exact) mass is 358 g/mol. The van der Waals surface area contributed by atoms with E-state index in [1.165, 1.54) is 55.5 Å². The van der Waals surface area contributed by atoms with E-state index < -0.39 is 28.7 Å². The van der Waals surface area contributed by atoms with Crippen LogP contribution >= 0.6 is 0 Å². The Balaban J connectivity index is 1.91. The topological polar surface area (TPSA) is 98.5 Å². The molecule has 7 nitrogen and oxygen atoms in total. The van der Waals surface area contributed by atoms with Crippen molar-refractivity contribution in [3.05, 3.63) is 76.1 Å². The van der Waals surface area contributed by atoms with Crippen LogP contribution in [0.25, 0.3) is 6.08 Å². The van der Waals surface area contributed by atoms with E-state index in [2.05, 4.69) is 5.32 Å². The number of amides is 1. The molecule has 0 aromatic heterocycles. The highest BCUT2D eigenvalue weighted by Gasteiger charge is 2.16. The molecule has 2 aromatic carbocycles. The number of esters is 1. The van der Waals surface area contributed by atoms with Gasteiger partial charge in [0, 0.05) is 23.9 Å². The lowest BCUT2D eigenvalue weighted by Gasteiger charge is -2.12. The number of nitro groups is 1. The number of nitrogens with one attached hydrogen (secondary N) is 1. The Morgan fingerprint density at radius 3 is 2.58 bits per heavy atom. The van der Waals surface area contributed by atoms with Crippen molar-refractivity contribution in [3.63, 3.8) is 0 Å². The number of halogens is 1. The molecule has 2 aromatic rings. The molecule has 0 saturated heterocycles. The smallest absolute Gasteiger partial charge is 0.331 e. The Kier molecular flexibility index (Phi) is 6.15. The minimum Gasteiger partial charge on any atom is -0.449 e. The summed E-state index contributed by atoms with van der Waals surface area (Å²) in [6.45, 7) is 1.39. The molecule has 0 saturated carbocycles. The number of rotatable bonds is 6. The van der Waals surface area contributed by atoms with Crippen LogP contribution in [-0.4, -0.2) is 22.9 Å². The summed E-state index contributed by atoms with van der Waals surface area (Å²) < 4.78 is 17.8. The number of anilines is 1. The van der Waals surface area contributed by atoms with E-state index in [-0.39, 0.29) is 5.69 Å². The van der Waals surface area contributed by atoms with Crippen molar-refractivity contribution in [3.8, 4) is 0 Å². The second-order valence-corrected chi connectivity index (χ2v) is 5.26. The summed E-state index contributed by atoms with van der Waals surface area (Å²) in [6, 6.07) is 10.8. The van der Waals surface area contributed by atoms with Gasteiger partial charge in [-0.05, 0) is 42.8 Å². The van der Waals surface area contributed by atoms with Gasteiger partial charge in [0.2, 0.25) is 0 Å². The van der Waals surface area contributed by atoms with Crippen molar-refractivity contribution in [2.75, 3.05) is 5.32 Å². The van der Waals surface area contributed by atoms with Gasteiger partial charge >= 0.3 is 5.97 Å². The van der Waals surface area contributed by atoms with Crippen molar-refractivity contribution in [2.45, 2.75) is 13.0 Å². The molecule has 0 bridgehead atoms. The van der Waals surface area contributed by atoms with E-state index in [0.717, 1.165) is 6.08 Å². The van der Waals surface area contributed by atoms with E-state index in [9.17, 15) is 24.1 Å². The second-order valence-electron chi connectivity index (χ2n) is 5.26. The summed E-state index contributed by atoms with van der Waals surface area (Å²) in [7, 11) is 0. The normalized spacial score (nSPS) is 11.8. The van der Waals surface area contributed by atoms with E-state index in [0.29, 0.717) is 11.3 Å². The Morgan fingerprint density at radius 2 is 1.92 bits per heavy atom. The highest BCUT2D eigenvalue weighted by Crippen LogP contribution is 2.14. The van der Waals surface area contributed by atoms with E-state index in [1.807, 2.05) is 0 Å². The molecule has 2 rings (SSSR count). The summed E-state index contributed by atoms with van der Waals surface area (Å²) in [5.41, 5.74) is 0.707. The first-order chi connectivity index (χ1) is 12.3. The van der Waals surface area contributed by atoms with Gasteiger partial charge in [-0.2, -0.15) is 0 Å². The molecule has 8 heteroatoms. The van der Waals surface area contributed by atoms with E-state index in [4.69, 9.17) is 4.74 Å². The Labute approximate surface area is 148 Å². The van der Waals surface area contributed by atoms with E-state index in [1.54, 1.807) is 6.07 Å². The van der Waals surface area contributed by atoms with E-state index >= 15 is 0 Å². The van der Waals surface area contributed by atoms with Crippen molar-refractivity contribution >= 4 is 29.3 Å². The predicted octanol–water partition coefficient (Wildman–Crippen LogP) is 3.32. The summed E-state index contributed by atoms with van der Waals surface area (Å²) in [5, 5.41) is 13.2. The zero-order valence-corrected chi connectivity index (χ0v) is 13.7. The lowest BCUT2D eigenvalue weighted by Crippen LogP contribution is -2.29. The molecule has 0 heterocycles. The molecule has 1 N–H and O–H groups in total. The molecular formula is C18H15FN2O5. The molecule has 0 aliphatic carbocycles. The van der Waals surface area contributed by atoms with Crippen LogP contribution in [0.1, 0.15) is 12.5 Å². The minimum atomic E-state index is -1.08. The molecule has 0 aliphatic rings. The first kappa shape index (κ1) is 18.8. The number of nitrogens with zero attached hydrogens (tertiary/aromatic N) is 1. The van der Waals surface area contributed by atoms with Crippen molar-refractivity contribution in [1.29, 1.82) is 0 Å². The van der Waals surface area contributed by atoms with Gasteiger partial charge in [0.05, 0.1) is 4.92 Å². The van der Waals surface area contributed by atoms with Crippen LogP contribution in [0.4, 0.5) is 15.8 Å². The number of ether oxygens (including phenoxy) is 1. The van der Waals surface area contributed by atoms with Crippen LogP contribution in [0, 0.1) is 15.9 Å².